The lowest BCUT2D eigenvalue weighted by molar-refractivity contribution is -0.145. The van der Waals surface area contributed by atoms with E-state index in [1.54, 1.807) is 19.9 Å². The van der Waals surface area contributed by atoms with Crippen molar-refractivity contribution in [3.63, 3.8) is 0 Å². The van der Waals surface area contributed by atoms with Crippen LogP contribution in [0.1, 0.15) is 13.8 Å². The smallest absolute Gasteiger partial charge is 0.308 e. The standard InChI is InChI=1S/C8H14O3/c1-4-5-11-7(3)6(2)8(9)10/h4,6-7H,1,5H2,2-3H3,(H,9,10). The number of hydrogen-bond donors (Lipinski definition) is 1. The van der Waals surface area contributed by atoms with Gasteiger partial charge in [0.15, 0.2) is 0 Å². The van der Waals surface area contributed by atoms with Crippen LogP contribution in [0.3, 0.4) is 0 Å². The first-order valence-electron chi connectivity index (χ1n) is 3.55. The van der Waals surface area contributed by atoms with Gasteiger partial charge in [-0.2, -0.15) is 0 Å². The second-order valence-corrected chi connectivity index (χ2v) is 2.45. The zero-order chi connectivity index (χ0) is 8.85. The van der Waals surface area contributed by atoms with Gasteiger partial charge in [0.2, 0.25) is 0 Å². The number of hydrogen-bond acceptors (Lipinski definition) is 2. The number of rotatable bonds is 5. The minimum atomic E-state index is -0.832. The molecule has 0 aromatic carbocycles. The van der Waals surface area contributed by atoms with Gasteiger partial charge in [-0.05, 0) is 13.8 Å². The van der Waals surface area contributed by atoms with Crippen molar-refractivity contribution in [1.82, 2.24) is 0 Å². The minimum absolute atomic E-state index is 0.259. The first-order chi connectivity index (χ1) is 5.09. The van der Waals surface area contributed by atoms with Crippen molar-refractivity contribution in [2.24, 2.45) is 5.92 Å². The Morgan fingerprint density at radius 1 is 1.73 bits per heavy atom. The molecule has 3 heteroatoms. The fraction of sp³-hybridized carbons (Fsp3) is 0.625. The Morgan fingerprint density at radius 3 is 2.64 bits per heavy atom. The molecule has 0 radical (unpaired) electrons. The van der Waals surface area contributed by atoms with Gasteiger partial charge in [0, 0.05) is 0 Å². The van der Waals surface area contributed by atoms with Crippen LogP contribution in [0.2, 0.25) is 0 Å². The Bertz CT molecular complexity index is 142. The van der Waals surface area contributed by atoms with Crippen LogP contribution < -0.4 is 0 Å². The Morgan fingerprint density at radius 2 is 2.27 bits per heavy atom. The quantitative estimate of drug-likeness (QED) is 0.613. The van der Waals surface area contributed by atoms with E-state index in [0.29, 0.717) is 6.61 Å². The summed E-state index contributed by atoms with van der Waals surface area (Å²) in [4.78, 5) is 10.4. The molecular formula is C8H14O3. The van der Waals surface area contributed by atoms with E-state index in [2.05, 4.69) is 6.58 Å². The van der Waals surface area contributed by atoms with E-state index in [1.807, 2.05) is 0 Å². The second kappa shape index (κ2) is 4.91. The Balaban J connectivity index is 3.72. The highest BCUT2D eigenvalue weighted by atomic mass is 16.5. The normalized spacial score (nSPS) is 15.5. The Hall–Kier alpha value is -0.830. The van der Waals surface area contributed by atoms with Crippen molar-refractivity contribution < 1.29 is 14.6 Å². The third-order valence-corrected chi connectivity index (χ3v) is 1.57. The lowest BCUT2D eigenvalue weighted by Crippen LogP contribution is -2.25. The number of aliphatic carboxylic acids is 1. The van der Waals surface area contributed by atoms with Gasteiger partial charge in [-0.15, -0.1) is 6.58 Å². The molecule has 0 aliphatic heterocycles. The van der Waals surface area contributed by atoms with Crippen LogP contribution in [-0.4, -0.2) is 23.8 Å². The highest BCUT2D eigenvalue weighted by molar-refractivity contribution is 5.70. The third kappa shape index (κ3) is 3.78. The van der Waals surface area contributed by atoms with Gasteiger partial charge in [-0.1, -0.05) is 6.08 Å². The lowest BCUT2D eigenvalue weighted by atomic mass is 10.1. The first kappa shape index (κ1) is 10.2. The maximum atomic E-state index is 10.4. The van der Waals surface area contributed by atoms with Crippen molar-refractivity contribution in [3.05, 3.63) is 12.7 Å². The summed E-state index contributed by atoms with van der Waals surface area (Å²) in [7, 11) is 0. The Kier molecular flexibility index (Phi) is 4.54. The molecule has 3 nitrogen and oxygen atoms in total. The highest BCUT2D eigenvalue weighted by Gasteiger charge is 2.18. The zero-order valence-corrected chi connectivity index (χ0v) is 6.91. The predicted molar refractivity (Wildman–Crippen MR) is 42.4 cm³/mol. The van der Waals surface area contributed by atoms with Crippen LogP contribution in [0.25, 0.3) is 0 Å². The van der Waals surface area contributed by atoms with Crippen molar-refractivity contribution in [1.29, 1.82) is 0 Å². The van der Waals surface area contributed by atoms with Gasteiger partial charge < -0.3 is 9.84 Å². The molecule has 2 atom stereocenters. The molecule has 0 aromatic rings. The summed E-state index contributed by atoms with van der Waals surface area (Å²) >= 11 is 0. The molecular weight excluding hydrogens is 144 g/mol. The number of carboxylic acids is 1. The van der Waals surface area contributed by atoms with Crippen LogP contribution in [0.4, 0.5) is 0 Å². The van der Waals surface area contributed by atoms with Crippen LogP contribution in [0.15, 0.2) is 12.7 Å². The van der Waals surface area contributed by atoms with E-state index in [4.69, 9.17) is 9.84 Å². The number of carboxylic acid groups (broad SMARTS) is 1. The number of carbonyl (C=O) groups is 1. The fourth-order valence-electron chi connectivity index (χ4n) is 0.565. The van der Waals surface area contributed by atoms with E-state index in [1.165, 1.54) is 0 Å². The van der Waals surface area contributed by atoms with Gasteiger partial charge in [0.1, 0.15) is 0 Å². The molecule has 0 heterocycles. The molecule has 0 saturated carbocycles. The second-order valence-electron chi connectivity index (χ2n) is 2.45. The summed E-state index contributed by atoms with van der Waals surface area (Å²) in [5.74, 6) is -1.29. The van der Waals surface area contributed by atoms with Crippen molar-refractivity contribution in [2.75, 3.05) is 6.61 Å². The molecule has 0 aromatic heterocycles. The fourth-order valence-corrected chi connectivity index (χ4v) is 0.565. The largest absolute Gasteiger partial charge is 0.481 e. The van der Waals surface area contributed by atoms with Crippen LogP contribution in [0.5, 0.6) is 0 Å². The zero-order valence-electron chi connectivity index (χ0n) is 6.91. The van der Waals surface area contributed by atoms with Crippen LogP contribution in [0, 0.1) is 5.92 Å². The summed E-state index contributed by atoms with van der Waals surface area (Å²) < 4.78 is 5.12. The molecule has 0 saturated heterocycles. The van der Waals surface area contributed by atoms with E-state index in [9.17, 15) is 4.79 Å². The average molecular weight is 158 g/mol. The third-order valence-electron chi connectivity index (χ3n) is 1.57. The van der Waals surface area contributed by atoms with Crippen molar-refractivity contribution in [3.8, 4) is 0 Å². The maximum absolute atomic E-state index is 10.4. The summed E-state index contributed by atoms with van der Waals surface area (Å²) in [5.41, 5.74) is 0. The molecule has 0 aliphatic carbocycles. The predicted octanol–water partition coefficient (Wildman–Crippen LogP) is 1.30. The van der Waals surface area contributed by atoms with Crippen molar-refractivity contribution >= 4 is 5.97 Å². The van der Waals surface area contributed by atoms with Gasteiger partial charge in [0.05, 0.1) is 18.6 Å². The monoisotopic (exact) mass is 158 g/mol. The molecule has 0 rings (SSSR count). The molecule has 11 heavy (non-hydrogen) atoms. The van der Waals surface area contributed by atoms with E-state index >= 15 is 0 Å². The summed E-state index contributed by atoms with van der Waals surface area (Å²) in [5, 5.41) is 8.55. The first-order valence-corrected chi connectivity index (χ1v) is 3.55. The van der Waals surface area contributed by atoms with Gasteiger partial charge in [0.25, 0.3) is 0 Å². The molecule has 2 unspecified atom stereocenters. The lowest BCUT2D eigenvalue weighted by Gasteiger charge is -2.15. The maximum Gasteiger partial charge on any atom is 0.308 e. The van der Waals surface area contributed by atoms with Crippen LogP contribution >= 0.6 is 0 Å². The minimum Gasteiger partial charge on any atom is -0.481 e. The molecule has 1 N–H and O–H groups in total. The summed E-state index contributed by atoms with van der Waals surface area (Å²) in [6.07, 6.45) is 1.34. The van der Waals surface area contributed by atoms with E-state index in [-0.39, 0.29) is 6.10 Å². The SMILES string of the molecule is C=CCOC(C)C(C)C(=O)O. The molecule has 0 bridgehead atoms. The molecule has 64 valence electrons. The van der Waals surface area contributed by atoms with Gasteiger partial charge in [-0.3, -0.25) is 4.79 Å². The average Bonchev–Trinajstić information content (AvgIpc) is 1.98. The van der Waals surface area contributed by atoms with E-state index in [0.717, 1.165) is 0 Å². The topological polar surface area (TPSA) is 46.5 Å². The molecule has 0 amide bonds. The Labute approximate surface area is 66.7 Å². The summed E-state index contributed by atoms with van der Waals surface area (Å²) in [6, 6.07) is 0. The van der Waals surface area contributed by atoms with Gasteiger partial charge >= 0.3 is 5.97 Å². The van der Waals surface area contributed by atoms with Crippen LogP contribution in [-0.2, 0) is 9.53 Å². The highest BCUT2D eigenvalue weighted by Crippen LogP contribution is 2.06. The van der Waals surface area contributed by atoms with Gasteiger partial charge in [-0.25, -0.2) is 0 Å². The van der Waals surface area contributed by atoms with Crippen molar-refractivity contribution in [2.45, 2.75) is 20.0 Å². The molecule has 0 fully saturated rings. The molecule has 0 aliphatic rings. The number of ether oxygens (including phenoxy) is 1. The summed E-state index contributed by atoms with van der Waals surface area (Å²) in [6.45, 7) is 7.23. The van der Waals surface area contributed by atoms with E-state index < -0.39 is 11.9 Å². The molecule has 0 spiro atoms.